The second-order valence-electron chi connectivity index (χ2n) is 6.58. The third kappa shape index (κ3) is 2.98. The molecule has 0 radical (unpaired) electrons. The molecule has 0 amide bonds. The molecule has 0 aliphatic heterocycles. The lowest BCUT2D eigenvalue weighted by Crippen LogP contribution is -2.23. The Morgan fingerprint density at radius 3 is 2.75 bits per heavy atom. The van der Waals surface area contributed by atoms with Crippen LogP contribution < -0.4 is 5.32 Å². The monoisotopic (exact) mass is 340 g/mol. The van der Waals surface area contributed by atoms with Gasteiger partial charge in [-0.25, -0.2) is 9.50 Å². The fourth-order valence-electron chi connectivity index (χ4n) is 3.36. The maximum Gasteiger partial charge on any atom is 0.154 e. The number of hydrogen-bond acceptors (Lipinski definition) is 3. The highest BCUT2D eigenvalue weighted by molar-refractivity contribution is 6.31. The maximum absolute atomic E-state index is 6.28. The average Bonchev–Trinajstić information content (AvgIpc) is 3.01. The molecule has 0 spiro atoms. The molecule has 1 aliphatic carbocycles. The van der Waals surface area contributed by atoms with Crippen LogP contribution >= 0.6 is 11.6 Å². The van der Waals surface area contributed by atoms with E-state index in [1.165, 1.54) is 32.1 Å². The summed E-state index contributed by atoms with van der Waals surface area (Å²) in [6, 6.07) is 10.6. The number of halogens is 1. The molecule has 1 saturated carbocycles. The van der Waals surface area contributed by atoms with E-state index in [4.69, 9.17) is 16.7 Å². The van der Waals surface area contributed by atoms with Gasteiger partial charge in [-0.2, -0.15) is 0 Å². The predicted molar refractivity (Wildman–Crippen MR) is 98.7 cm³/mol. The largest absolute Gasteiger partial charge is 0.366 e. The highest BCUT2D eigenvalue weighted by Crippen LogP contribution is 2.26. The number of nitrogens with one attached hydrogen (secondary N) is 1. The van der Waals surface area contributed by atoms with Crippen LogP contribution in [0.25, 0.3) is 16.9 Å². The molecule has 0 atom stereocenters. The van der Waals surface area contributed by atoms with Crippen molar-refractivity contribution in [3.63, 3.8) is 0 Å². The van der Waals surface area contributed by atoms with Gasteiger partial charge in [0.05, 0.1) is 11.9 Å². The first-order valence-corrected chi connectivity index (χ1v) is 8.96. The zero-order valence-electron chi connectivity index (χ0n) is 13.8. The molecular weight excluding hydrogens is 320 g/mol. The molecule has 1 N–H and O–H groups in total. The SMILES string of the molecule is Cc1ccc(-c2cnc3ccc(NC4CCCCC4)nn23)cc1Cl. The number of fused-ring (bicyclic) bond motifs is 1. The van der Waals surface area contributed by atoms with Crippen LogP contribution in [0.4, 0.5) is 5.82 Å². The topological polar surface area (TPSA) is 42.2 Å². The number of aromatic nitrogens is 3. The standard InChI is InChI=1S/C19H21ClN4/c1-13-7-8-14(11-16(13)20)17-12-21-19-10-9-18(23-24(17)19)22-15-5-3-2-4-6-15/h7-12,15H,2-6H2,1H3,(H,22,23). The first-order chi connectivity index (χ1) is 11.7. The Bertz CT molecular complexity index is 865. The smallest absolute Gasteiger partial charge is 0.154 e. The Hall–Kier alpha value is -2.07. The van der Waals surface area contributed by atoms with E-state index in [1.807, 2.05) is 41.9 Å². The summed E-state index contributed by atoms with van der Waals surface area (Å²) >= 11 is 6.28. The first kappa shape index (κ1) is 15.5. The van der Waals surface area contributed by atoms with E-state index in [0.717, 1.165) is 33.3 Å². The summed E-state index contributed by atoms with van der Waals surface area (Å²) in [6.07, 6.45) is 8.27. The molecule has 3 aromatic rings. The zero-order valence-corrected chi connectivity index (χ0v) is 14.6. The number of aryl methyl sites for hydroxylation is 1. The van der Waals surface area contributed by atoms with Crippen molar-refractivity contribution in [2.24, 2.45) is 0 Å². The molecule has 4 nitrogen and oxygen atoms in total. The highest BCUT2D eigenvalue weighted by Gasteiger charge is 2.15. The molecule has 1 fully saturated rings. The molecule has 0 unspecified atom stereocenters. The van der Waals surface area contributed by atoms with Crippen LogP contribution in [0.15, 0.2) is 36.5 Å². The molecule has 5 heteroatoms. The zero-order chi connectivity index (χ0) is 16.5. The Morgan fingerprint density at radius 2 is 1.96 bits per heavy atom. The van der Waals surface area contributed by atoms with E-state index >= 15 is 0 Å². The van der Waals surface area contributed by atoms with Gasteiger partial charge < -0.3 is 5.32 Å². The molecule has 1 aliphatic rings. The van der Waals surface area contributed by atoms with Crippen LogP contribution in [0.1, 0.15) is 37.7 Å². The van der Waals surface area contributed by atoms with Crippen LogP contribution in [0.5, 0.6) is 0 Å². The highest BCUT2D eigenvalue weighted by atomic mass is 35.5. The fourth-order valence-corrected chi connectivity index (χ4v) is 3.54. The van der Waals surface area contributed by atoms with Gasteiger partial charge in [-0.15, -0.1) is 5.10 Å². The number of benzene rings is 1. The lowest BCUT2D eigenvalue weighted by Gasteiger charge is -2.23. The summed E-state index contributed by atoms with van der Waals surface area (Å²) < 4.78 is 1.89. The van der Waals surface area contributed by atoms with Crippen LogP contribution in [-0.2, 0) is 0 Å². The Balaban J connectivity index is 1.68. The Morgan fingerprint density at radius 1 is 1.12 bits per heavy atom. The fraction of sp³-hybridized carbons (Fsp3) is 0.368. The molecule has 0 saturated heterocycles. The van der Waals surface area contributed by atoms with Gasteiger partial charge in [-0.05, 0) is 43.5 Å². The van der Waals surface area contributed by atoms with Crippen LogP contribution in [0, 0.1) is 6.92 Å². The van der Waals surface area contributed by atoms with Crippen LogP contribution in [-0.4, -0.2) is 20.6 Å². The molecular formula is C19H21ClN4. The van der Waals surface area contributed by atoms with Crippen molar-refractivity contribution in [2.45, 2.75) is 45.1 Å². The van der Waals surface area contributed by atoms with Crippen molar-refractivity contribution < 1.29 is 0 Å². The minimum atomic E-state index is 0.532. The third-order valence-electron chi connectivity index (χ3n) is 4.79. The Labute approximate surface area is 146 Å². The van der Waals surface area contributed by atoms with Gasteiger partial charge >= 0.3 is 0 Å². The molecule has 24 heavy (non-hydrogen) atoms. The number of anilines is 1. The number of hydrogen-bond donors (Lipinski definition) is 1. The van der Waals surface area contributed by atoms with E-state index in [9.17, 15) is 0 Å². The second kappa shape index (κ2) is 6.44. The van der Waals surface area contributed by atoms with Crippen molar-refractivity contribution in [1.82, 2.24) is 14.6 Å². The normalized spacial score (nSPS) is 15.8. The molecule has 2 heterocycles. The van der Waals surface area contributed by atoms with Gasteiger partial charge in [0.1, 0.15) is 5.82 Å². The lowest BCUT2D eigenvalue weighted by molar-refractivity contribution is 0.461. The van der Waals surface area contributed by atoms with Gasteiger partial charge in [-0.1, -0.05) is 43.0 Å². The molecule has 124 valence electrons. The van der Waals surface area contributed by atoms with Gasteiger partial charge in [0.25, 0.3) is 0 Å². The van der Waals surface area contributed by atoms with E-state index in [-0.39, 0.29) is 0 Å². The molecule has 4 rings (SSSR count). The van der Waals surface area contributed by atoms with Crippen molar-refractivity contribution >= 4 is 23.1 Å². The molecule has 2 aromatic heterocycles. The summed E-state index contributed by atoms with van der Waals surface area (Å²) in [5, 5.41) is 9.10. The van der Waals surface area contributed by atoms with Crippen molar-refractivity contribution in [1.29, 1.82) is 0 Å². The summed E-state index contributed by atoms with van der Waals surface area (Å²) in [5.74, 6) is 0.909. The quantitative estimate of drug-likeness (QED) is 0.721. The van der Waals surface area contributed by atoms with Gasteiger partial charge in [0, 0.05) is 16.6 Å². The Kier molecular flexibility index (Phi) is 4.15. The van der Waals surface area contributed by atoms with Crippen molar-refractivity contribution in [3.8, 4) is 11.3 Å². The lowest BCUT2D eigenvalue weighted by atomic mass is 9.95. The van der Waals surface area contributed by atoms with E-state index in [2.05, 4.69) is 16.4 Å². The number of rotatable bonds is 3. The predicted octanol–water partition coefficient (Wildman–Crippen LogP) is 5.10. The summed E-state index contributed by atoms with van der Waals surface area (Å²) in [4.78, 5) is 4.46. The summed E-state index contributed by atoms with van der Waals surface area (Å²) in [5.41, 5.74) is 3.90. The van der Waals surface area contributed by atoms with Gasteiger partial charge in [0.15, 0.2) is 5.65 Å². The van der Waals surface area contributed by atoms with Crippen LogP contribution in [0.2, 0.25) is 5.02 Å². The minimum absolute atomic E-state index is 0.532. The van der Waals surface area contributed by atoms with Crippen molar-refractivity contribution in [3.05, 3.63) is 47.1 Å². The number of imidazole rings is 1. The molecule has 0 bridgehead atoms. The third-order valence-corrected chi connectivity index (χ3v) is 5.19. The van der Waals surface area contributed by atoms with Crippen LogP contribution in [0.3, 0.4) is 0 Å². The van der Waals surface area contributed by atoms with Gasteiger partial charge in [0.2, 0.25) is 0 Å². The van der Waals surface area contributed by atoms with E-state index < -0.39 is 0 Å². The summed E-state index contributed by atoms with van der Waals surface area (Å²) in [6.45, 7) is 2.01. The number of nitrogens with zero attached hydrogens (tertiary/aromatic N) is 3. The maximum atomic E-state index is 6.28. The molecule has 1 aromatic carbocycles. The van der Waals surface area contributed by atoms with Crippen molar-refractivity contribution in [2.75, 3.05) is 5.32 Å². The van der Waals surface area contributed by atoms with Gasteiger partial charge in [-0.3, -0.25) is 0 Å². The summed E-state index contributed by atoms with van der Waals surface area (Å²) in [7, 11) is 0. The second-order valence-corrected chi connectivity index (χ2v) is 6.98. The first-order valence-electron chi connectivity index (χ1n) is 8.58. The minimum Gasteiger partial charge on any atom is -0.366 e. The van der Waals surface area contributed by atoms with E-state index in [0.29, 0.717) is 6.04 Å². The van der Waals surface area contributed by atoms with E-state index in [1.54, 1.807) is 0 Å². The average molecular weight is 341 g/mol.